The first-order valence-corrected chi connectivity index (χ1v) is 7.58. The maximum Gasteiger partial charge on any atom is 0.224 e. The molecular formula is C19H14OS. The van der Waals surface area contributed by atoms with Gasteiger partial charge in [-0.05, 0) is 29.0 Å². The van der Waals surface area contributed by atoms with E-state index in [9.17, 15) is 4.79 Å². The smallest absolute Gasteiger partial charge is 0.224 e. The summed E-state index contributed by atoms with van der Waals surface area (Å²) in [6, 6.07) is 27.5. The molecule has 0 radical (unpaired) electrons. The highest BCUT2D eigenvalue weighted by Crippen LogP contribution is 2.32. The average molecular weight is 290 g/mol. The lowest BCUT2D eigenvalue weighted by molar-refractivity contribution is 0.108. The van der Waals surface area contributed by atoms with Crippen LogP contribution in [0.4, 0.5) is 0 Å². The lowest BCUT2D eigenvalue weighted by Gasteiger charge is -2.08. The number of thioether (sulfide) groups is 1. The molecule has 0 aromatic heterocycles. The van der Waals surface area contributed by atoms with Crippen molar-refractivity contribution >= 4 is 16.9 Å². The van der Waals surface area contributed by atoms with E-state index in [2.05, 4.69) is 18.2 Å². The Morgan fingerprint density at radius 3 is 1.95 bits per heavy atom. The number of rotatable bonds is 3. The zero-order chi connectivity index (χ0) is 14.5. The molecule has 0 spiro atoms. The van der Waals surface area contributed by atoms with Crippen molar-refractivity contribution in [3.05, 3.63) is 90.5 Å². The van der Waals surface area contributed by atoms with E-state index >= 15 is 0 Å². The number of hydrogen-bond acceptors (Lipinski definition) is 2. The Labute approximate surface area is 128 Å². The van der Waals surface area contributed by atoms with Crippen LogP contribution >= 0.6 is 11.8 Å². The molecule has 0 heterocycles. The van der Waals surface area contributed by atoms with Gasteiger partial charge in [0.1, 0.15) is 0 Å². The Balaban J connectivity index is 1.92. The fraction of sp³-hybridized carbons (Fsp3) is 0. The highest BCUT2D eigenvalue weighted by molar-refractivity contribution is 8.14. The van der Waals surface area contributed by atoms with Crippen molar-refractivity contribution in [1.29, 1.82) is 0 Å². The molecule has 0 fully saturated rings. The van der Waals surface area contributed by atoms with Gasteiger partial charge in [-0.15, -0.1) is 0 Å². The van der Waals surface area contributed by atoms with Gasteiger partial charge in [0.05, 0.1) is 0 Å². The van der Waals surface area contributed by atoms with Crippen LogP contribution in [0.2, 0.25) is 0 Å². The topological polar surface area (TPSA) is 17.1 Å². The molecule has 0 bridgehead atoms. The first-order valence-electron chi connectivity index (χ1n) is 6.76. The molecule has 0 amide bonds. The lowest BCUT2D eigenvalue weighted by Crippen LogP contribution is -1.93. The van der Waals surface area contributed by atoms with Crippen molar-refractivity contribution in [2.45, 2.75) is 4.90 Å². The molecule has 0 saturated heterocycles. The van der Waals surface area contributed by atoms with Crippen LogP contribution in [-0.2, 0) is 0 Å². The molecule has 0 aliphatic rings. The largest absolute Gasteiger partial charge is 0.281 e. The Hall–Kier alpha value is -2.32. The molecule has 2 heteroatoms. The molecule has 3 aromatic rings. The molecule has 0 unspecified atom stereocenters. The van der Waals surface area contributed by atoms with Gasteiger partial charge < -0.3 is 0 Å². The van der Waals surface area contributed by atoms with Gasteiger partial charge in [0.2, 0.25) is 5.12 Å². The molecule has 1 nitrogen and oxygen atoms in total. The quantitative estimate of drug-likeness (QED) is 0.610. The van der Waals surface area contributed by atoms with E-state index in [-0.39, 0.29) is 5.12 Å². The van der Waals surface area contributed by atoms with E-state index in [1.165, 1.54) is 11.8 Å². The highest BCUT2D eigenvalue weighted by Gasteiger charge is 2.11. The molecule has 0 aliphatic heterocycles. The van der Waals surface area contributed by atoms with Gasteiger partial charge in [0.25, 0.3) is 0 Å². The van der Waals surface area contributed by atoms with Gasteiger partial charge in [-0.3, -0.25) is 4.79 Å². The van der Waals surface area contributed by atoms with E-state index < -0.39 is 0 Å². The van der Waals surface area contributed by atoms with Crippen LogP contribution in [0.1, 0.15) is 10.4 Å². The molecule has 102 valence electrons. The van der Waals surface area contributed by atoms with Gasteiger partial charge in [-0.2, -0.15) is 0 Å². The van der Waals surface area contributed by atoms with Crippen LogP contribution in [0.25, 0.3) is 11.1 Å². The standard InChI is InChI=1S/C19H14OS/c20-19(16-11-5-2-6-12-16)21-18-14-8-7-13-17(18)15-9-3-1-4-10-15/h1-14H. The minimum atomic E-state index is 0.0685. The van der Waals surface area contributed by atoms with E-state index in [1.54, 1.807) is 0 Å². The second-order valence-corrected chi connectivity index (χ2v) is 5.63. The van der Waals surface area contributed by atoms with E-state index in [4.69, 9.17) is 0 Å². The van der Waals surface area contributed by atoms with Crippen molar-refractivity contribution in [3.8, 4) is 11.1 Å². The van der Waals surface area contributed by atoms with Crippen molar-refractivity contribution in [2.75, 3.05) is 0 Å². The van der Waals surface area contributed by atoms with E-state index in [1.807, 2.05) is 66.7 Å². The number of carbonyl (C=O) groups excluding carboxylic acids is 1. The molecule has 0 saturated carbocycles. The second-order valence-electron chi connectivity index (χ2n) is 4.62. The van der Waals surface area contributed by atoms with Crippen LogP contribution in [-0.4, -0.2) is 5.12 Å². The van der Waals surface area contributed by atoms with Crippen molar-refractivity contribution < 1.29 is 4.79 Å². The fourth-order valence-corrected chi connectivity index (χ4v) is 3.04. The third-order valence-corrected chi connectivity index (χ3v) is 4.18. The lowest BCUT2D eigenvalue weighted by atomic mass is 10.1. The van der Waals surface area contributed by atoms with E-state index in [0.29, 0.717) is 0 Å². The summed E-state index contributed by atoms with van der Waals surface area (Å²) in [4.78, 5) is 13.3. The first kappa shape index (κ1) is 13.7. The van der Waals surface area contributed by atoms with Gasteiger partial charge in [0, 0.05) is 10.5 Å². The maximum absolute atomic E-state index is 12.4. The monoisotopic (exact) mass is 290 g/mol. The Bertz CT molecular complexity index is 736. The minimum Gasteiger partial charge on any atom is -0.281 e. The summed E-state index contributed by atoms with van der Waals surface area (Å²) in [5.74, 6) is 0. The second kappa shape index (κ2) is 6.42. The van der Waals surface area contributed by atoms with Crippen molar-refractivity contribution in [2.24, 2.45) is 0 Å². The molecule has 3 aromatic carbocycles. The van der Waals surface area contributed by atoms with Gasteiger partial charge in [-0.1, -0.05) is 78.9 Å². The van der Waals surface area contributed by atoms with Crippen LogP contribution < -0.4 is 0 Å². The molecule has 0 atom stereocenters. The maximum atomic E-state index is 12.4. The Morgan fingerprint density at radius 2 is 1.24 bits per heavy atom. The van der Waals surface area contributed by atoms with E-state index in [0.717, 1.165) is 21.6 Å². The van der Waals surface area contributed by atoms with Crippen LogP contribution in [0.5, 0.6) is 0 Å². The highest BCUT2D eigenvalue weighted by atomic mass is 32.2. The average Bonchev–Trinajstić information content (AvgIpc) is 2.57. The summed E-state index contributed by atoms with van der Waals surface area (Å²) in [5.41, 5.74) is 2.94. The Morgan fingerprint density at radius 1 is 0.667 bits per heavy atom. The molecule has 0 N–H and O–H groups in total. The van der Waals surface area contributed by atoms with Crippen LogP contribution in [0, 0.1) is 0 Å². The summed E-state index contributed by atoms with van der Waals surface area (Å²) < 4.78 is 0. The summed E-state index contributed by atoms with van der Waals surface area (Å²) >= 11 is 1.28. The predicted molar refractivity (Wildman–Crippen MR) is 88.5 cm³/mol. The zero-order valence-electron chi connectivity index (χ0n) is 11.4. The molecular weight excluding hydrogens is 276 g/mol. The van der Waals surface area contributed by atoms with Crippen LogP contribution in [0.15, 0.2) is 89.8 Å². The summed E-state index contributed by atoms with van der Waals surface area (Å²) in [6.45, 7) is 0. The summed E-state index contributed by atoms with van der Waals surface area (Å²) in [5, 5.41) is 0.0685. The van der Waals surface area contributed by atoms with Gasteiger partial charge in [0.15, 0.2) is 0 Å². The molecule has 0 aliphatic carbocycles. The van der Waals surface area contributed by atoms with Crippen molar-refractivity contribution in [1.82, 2.24) is 0 Å². The normalized spacial score (nSPS) is 10.3. The minimum absolute atomic E-state index is 0.0685. The van der Waals surface area contributed by atoms with Crippen LogP contribution in [0.3, 0.4) is 0 Å². The third kappa shape index (κ3) is 3.23. The van der Waals surface area contributed by atoms with Crippen molar-refractivity contribution in [3.63, 3.8) is 0 Å². The predicted octanol–water partition coefficient (Wildman–Crippen LogP) is 5.29. The van der Waals surface area contributed by atoms with Gasteiger partial charge >= 0.3 is 0 Å². The molecule has 21 heavy (non-hydrogen) atoms. The zero-order valence-corrected chi connectivity index (χ0v) is 12.2. The number of benzene rings is 3. The SMILES string of the molecule is O=C(Sc1ccccc1-c1ccccc1)c1ccccc1. The number of hydrogen-bond donors (Lipinski definition) is 0. The summed E-state index contributed by atoms with van der Waals surface area (Å²) in [7, 11) is 0. The number of carbonyl (C=O) groups is 1. The summed E-state index contributed by atoms with van der Waals surface area (Å²) in [6.07, 6.45) is 0. The molecule has 3 rings (SSSR count). The third-order valence-electron chi connectivity index (χ3n) is 3.18. The first-order chi connectivity index (χ1) is 10.3. The fourth-order valence-electron chi connectivity index (χ4n) is 2.14. The Kier molecular flexibility index (Phi) is 4.17. The van der Waals surface area contributed by atoms with Gasteiger partial charge in [-0.25, -0.2) is 0 Å².